The first-order valence-electron chi connectivity index (χ1n) is 21.7. The molecule has 1 aliphatic carbocycles. The summed E-state index contributed by atoms with van der Waals surface area (Å²) in [5.41, 5.74) is 5.87. The first-order chi connectivity index (χ1) is 31.1. The van der Waals surface area contributed by atoms with Gasteiger partial charge in [-0.05, 0) is 90.9 Å². The molecule has 2 atom stereocenters. The second-order valence-electron chi connectivity index (χ2n) is 15.9. The van der Waals surface area contributed by atoms with Crippen LogP contribution in [0.5, 0.6) is 11.5 Å². The van der Waals surface area contributed by atoms with Crippen molar-refractivity contribution in [3.63, 3.8) is 0 Å². The van der Waals surface area contributed by atoms with Crippen molar-refractivity contribution in [3.05, 3.63) is 155 Å². The van der Waals surface area contributed by atoms with Crippen molar-refractivity contribution in [3.8, 4) is 28.7 Å². The van der Waals surface area contributed by atoms with Gasteiger partial charge in [-0.15, -0.1) is 0 Å². The van der Waals surface area contributed by atoms with Crippen LogP contribution in [0.25, 0.3) is 11.1 Å². The molecule has 0 radical (unpaired) electrons. The lowest BCUT2D eigenvalue weighted by Crippen LogP contribution is -2.46. The van der Waals surface area contributed by atoms with Gasteiger partial charge in [-0.3, -0.25) is 4.79 Å². The Morgan fingerprint density at radius 3 is 1.78 bits per heavy atom. The van der Waals surface area contributed by atoms with Gasteiger partial charge in [0.05, 0.1) is 52.6 Å². The van der Waals surface area contributed by atoms with Crippen molar-refractivity contribution in [1.29, 1.82) is 5.26 Å². The zero-order chi connectivity index (χ0) is 45.5. The van der Waals surface area contributed by atoms with E-state index >= 15 is 0 Å². The minimum absolute atomic E-state index is 0.00320. The maximum absolute atomic E-state index is 13.8. The van der Waals surface area contributed by atoms with Gasteiger partial charge in [0.1, 0.15) is 23.7 Å². The third-order valence-corrected chi connectivity index (χ3v) is 13.1. The monoisotopic (exact) mass is 886 g/mol. The molecular formula is C51H59N4O8P. The molecule has 0 saturated carbocycles. The molecule has 0 spiro atoms. The maximum Gasteiger partial charge on any atom is 0.407 e. The summed E-state index contributed by atoms with van der Waals surface area (Å²) in [4.78, 5) is 26.9. The lowest BCUT2D eigenvalue weighted by atomic mass is 9.80. The number of nitriles is 1. The van der Waals surface area contributed by atoms with Crippen LogP contribution in [0.15, 0.2) is 127 Å². The zero-order valence-electron chi connectivity index (χ0n) is 37.5. The first-order valence-corrected chi connectivity index (χ1v) is 22.8. The van der Waals surface area contributed by atoms with E-state index in [0.29, 0.717) is 11.5 Å². The van der Waals surface area contributed by atoms with Crippen LogP contribution in [0.4, 0.5) is 4.79 Å². The van der Waals surface area contributed by atoms with Crippen LogP contribution >= 0.6 is 8.53 Å². The fourth-order valence-electron chi connectivity index (χ4n) is 8.13. The molecule has 336 valence electrons. The number of carbonyl (C=O) groups is 2. The van der Waals surface area contributed by atoms with Gasteiger partial charge in [-0.2, -0.15) is 5.26 Å². The number of hydrogen-bond donors (Lipinski definition) is 2. The third-order valence-electron chi connectivity index (χ3n) is 11.1. The average Bonchev–Trinajstić information content (AvgIpc) is 3.63. The van der Waals surface area contributed by atoms with Crippen LogP contribution in [0.1, 0.15) is 74.3 Å². The van der Waals surface area contributed by atoms with E-state index in [1.165, 1.54) is 0 Å². The molecular weight excluding hydrogens is 828 g/mol. The number of alkyl carbamates (subject to hydrolysis) is 1. The minimum Gasteiger partial charge on any atom is -0.497 e. The Hall–Kier alpha value is -5.80. The number of amides is 2. The highest BCUT2D eigenvalue weighted by Gasteiger charge is 2.39. The summed E-state index contributed by atoms with van der Waals surface area (Å²) >= 11 is 0. The molecule has 2 amide bonds. The van der Waals surface area contributed by atoms with Crippen molar-refractivity contribution in [2.45, 2.75) is 70.2 Å². The molecule has 0 aromatic heterocycles. The SMILES string of the molecule is COc1ccc(C(OCC(COP(OCCC#N)N(C(C)C)C(C)C)NC(=O)CCNC(=O)OCC2c3ccccc3-c3ccccc32)(c2ccccc2)c2ccc(OC)cc2)cc1. The predicted molar refractivity (Wildman–Crippen MR) is 249 cm³/mol. The largest absolute Gasteiger partial charge is 0.497 e. The van der Waals surface area contributed by atoms with Crippen molar-refractivity contribution in [2.75, 3.05) is 47.2 Å². The topological polar surface area (TPSA) is 141 Å². The summed E-state index contributed by atoms with van der Waals surface area (Å²) in [6.45, 7) is 8.69. The molecule has 0 heterocycles. The number of fused-ring (bicyclic) bond motifs is 3. The summed E-state index contributed by atoms with van der Waals surface area (Å²) in [6, 6.07) is 43.3. The number of nitrogens with zero attached hydrogens (tertiary/aromatic N) is 2. The highest BCUT2D eigenvalue weighted by molar-refractivity contribution is 7.44. The van der Waals surface area contributed by atoms with Gasteiger partial charge in [-0.25, -0.2) is 9.46 Å². The standard InChI is InChI=1S/C51H59N4O8P/c1-36(2)55(37(3)4)64(62-32-14-30-52)63-34-41(54-49(56)29-31-53-50(57)60-35-48-46-19-12-10-17-44(46)45-18-11-13-20-47(45)48)33-61-51(38-15-8-7-9-16-38,39-21-25-42(58-5)26-22-39)40-23-27-43(59-6)28-24-40/h7-13,15-28,36-37,41,48H,14,29,31-35H2,1-6H3,(H,53,57)(H,54,56). The van der Waals surface area contributed by atoms with Gasteiger partial charge >= 0.3 is 6.09 Å². The zero-order valence-corrected chi connectivity index (χ0v) is 38.4. The number of hydrogen-bond acceptors (Lipinski definition) is 10. The lowest BCUT2D eigenvalue weighted by Gasteiger charge is -2.38. The van der Waals surface area contributed by atoms with Gasteiger partial charge in [0.2, 0.25) is 5.91 Å². The van der Waals surface area contributed by atoms with E-state index in [1.807, 2.05) is 103 Å². The predicted octanol–water partition coefficient (Wildman–Crippen LogP) is 9.72. The van der Waals surface area contributed by atoms with E-state index in [1.54, 1.807) is 14.2 Å². The Kier molecular flexibility index (Phi) is 17.3. The molecule has 13 heteroatoms. The summed E-state index contributed by atoms with van der Waals surface area (Å²) in [6.07, 6.45) is -0.429. The Bertz CT molecular complexity index is 2200. The van der Waals surface area contributed by atoms with Crippen LogP contribution in [-0.2, 0) is 28.9 Å². The van der Waals surface area contributed by atoms with E-state index in [0.717, 1.165) is 38.9 Å². The van der Waals surface area contributed by atoms with Crippen LogP contribution in [0.2, 0.25) is 0 Å². The normalized spacial score (nSPS) is 13.2. The van der Waals surface area contributed by atoms with Crippen LogP contribution in [-0.4, -0.2) is 82.0 Å². The van der Waals surface area contributed by atoms with Gasteiger partial charge in [-0.1, -0.05) is 103 Å². The van der Waals surface area contributed by atoms with Gasteiger partial charge in [0.25, 0.3) is 8.53 Å². The molecule has 0 saturated heterocycles. The summed E-state index contributed by atoms with van der Waals surface area (Å²) < 4.78 is 38.9. The highest BCUT2D eigenvalue weighted by atomic mass is 31.2. The van der Waals surface area contributed by atoms with Gasteiger partial charge in [0, 0.05) is 31.0 Å². The third kappa shape index (κ3) is 11.7. The molecule has 2 unspecified atom stereocenters. The minimum atomic E-state index is -1.64. The molecule has 6 rings (SSSR count). The highest BCUT2D eigenvalue weighted by Crippen LogP contribution is 2.47. The second kappa shape index (κ2) is 23.2. The Morgan fingerprint density at radius 2 is 1.25 bits per heavy atom. The molecule has 1 aliphatic rings. The second-order valence-corrected chi connectivity index (χ2v) is 17.4. The van der Waals surface area contributed by atoms with Crippen molar-refractivity contribution < 1.29 is 37.6 Å². The molecule has 5 aromatic rings. The first kappa shape index (κ1) is 47.7. The Morgan fingerprint density at radius 1 is 0.719 bits per heavy atom. The van der Waals surface area contributed by atoms with E-state index in [9.17, 15) is 14.9 Å². The molecule has 12 nitrogen and oxygen atoms in total. The summed E-state index contributed by atoms with van der Waals surface area (Å²) in [5, 5.41) is 15.2. The van der Waals surface area contributed by atoms with Crippen molar-refractivity contribution in [1.82, 2.24) is 15.3 Å². The van der Waals surface area contributed by atoms with E-state index in [4.69, 9.17) is 28.0 Å². The smallest absolute Gasteiger partial charge is 0.407 e. The van der Waals surface area contributed by atoms with Crippen LogP contribution in [0.3, 0.4) is 0 Å². The molecule has 5 aromatic carbocycles. The number of methoxy groups -OCH3 is 2. The molecule has 2 N–H and O–H groups in total. The molecule has 0 bridgehead atoms. The fraction of sp³-hybridized carbons (Fsp3) is 0.353. The van der Waals surface area contributed by atoms with E-state index < -0.39 is 26.3 Å². The molecule has 64 heavy (non-hydrogen) atoms. The number of rotatable bonds is 23. The number of benzene rings is 5. The van der Waals surface area contributed by atoms with Crippen LogP contribution < -0.4 is 20.1 Å². The lowest BCUT2D eigenvalue weighted by molar-refractivity contribution is -0.123. The van der Waals surface area contributed by atoms with E-state index in [2.05, 4.69) is 73.3 Å². The van der Waals surface area contributed by atoms with Crippen molar-refractivity contribution >= 4 is 20.5 Å². The number of carbonyl (C=O) groups excluding carboxylic acids is 2. The Balaban J connectivity index is 1.22. The molecule has 0 aliphatic heterocycles. The number of nitrogens with one attached hydrogen (secondary N) is 2. The Labute approximate surface area is 378 Å². The summed E-state index contributed by atoms with van der Waals surface area (Å²) in [5.74, 6) is 0.970. The van der Waals surface area contributed by atoms with Crippen molar-refractivity contribution in [2.24, 2.45) is 0 Å². The fourth-order valence-corrected chi connectivity index (χ4v) is 9.78. The van der Waals surface area contributed by atoms with Crippen LogP contribution in [0, 0.1) is 11.3 Å². The quantitative estimate of drug-likeness (QED) is 0.0370. The maximum atomic E-state index is 13.8. The molecule has 0 fully saturated rings. The summed E-state index contributed by atoms with van der Waals surface area (Å²) in [7, 11) is 1.61. The average molecular weight is 887 g/mol. The van der Waals surface area contributed by atoms with E-state index in [-0.39, 0.29) is 69.7 Å². The number of ether oxygens (including phenoxy) is 4. The van der Waals surface area contributed by atoms with Gasteiger partial charge < -0.3 is 38.6 Å². The van der Waals surface area contributed by atoms with Gasteiger partial charge in [0.15, 0.2) is 0 Å².